The van der Waals surface area contributed by atoms with Crippen LogP contribution in [-0.4, -0.2) is 11.2 Å². The summed E-state index contributed by atoms with van der Waals surface area (Å²) in [7, 11) is 0. The quantitative estimate of drug-likeness (QED) is 0.782. The van der Waals surface area contributed by atoms with Gasteiger partial charge in [0.25, 0.3) is 5.56 Å². The highest BCUT2D eigenvalue weighted by Gasteiger charge is 2.10. The van der Waals surface area contributed by atoms with Crippen molar-refractivity contribution in [2.75, 3.05) is 6.61 Å². The summed E-state index contributed by atoms with van der Waals surface area (Å²) in [5.41, 5.74) is 2.28. The largest absolute Gasteiger partial charge is 0.494 e. The maximum Gasteiger partial charge on any atom is 0.255 e. The van der Waals surface area contributed by atoms with Gasteiger partial charge < -0.3 is 9.30 Å². The molecule has 2 rings (SSSR count). The van der Waals surface area contributed by atoms with Gasteiger partial charge in [0.1, 0.15) is 5.75 Å². The average Bonchev–Trinajstić information content (AvgIpc) is 2.57. The van der Waals surface area contributed by atoms with Gasteiger partial charge in [0.2, 0.25) is 0 Å². The van der Waals surface area contributed by atoms with Crippen LogP contribution in [0.5, 0.6) is 5.75 Å². The molecule has 0 spiro atoms. The molecule has 2 aromatic rings. The lowest BCUT2D eigenvalue weighted by Crippen LogP contribution is -2.24. The van der Waals surface area contributed by atoms with Gasteiger partial charge in [0, 0.05) is 17.7 Å². The number of rotatable bonds is 7. The molecule has 0 unspecified atom stereocenters. The molecule has 0 bridgehead atoms. The first-order valence-corrected chi connectivity index (χ1v) is 8.04. The Morgan fingerprint density at radius 1 is 1.17 bits per heavy atom. The minimum atomic E-state index is -0.0780. The molecule has 0 aliphatic heterocycles. The fraction of sp³-hybridized carbons (Fsp3) is 0.368. The molecule has 0 aliphatic rings. The van der Waals surface area contributed by atoms with E-state index in [9.17, 15) is 4.79 Å². The molecule has 0 radical (unpaired) electrons. The summed E-state index contributed by atoms with van der Waals surface area (Å²) < 4.78 is 7.43. The summed E-state index contributed by atoms with van der Waals surface area (Å²) >= 11 is 0. The predicted molar refractivity (Wildman–Crippen MR) is 91.5 cm³/mol. The Bertz CT molecular complexity index is 757. The van der Waals surface area contributed by atoms with Gasteiger partial charge in [-0.05, 0) is 31.0 Å². The molecular weight excluding hydrogens is 288 g/mol. The average molecular weight is 310 g/mol. The zero-order valence-corrected chi connectivity index (χ0v) is 13.7. The van der Waals surface area contributed by atoms with Crippen molar-refractivity contribution >= 4 is 0 Å². The van der Waals surface area contributed by atoms with Crippen LogP contribution in [0, 0.1) is 11.3 Å². The number of ether oxygens (including phenoxy) is 1. The predicted octanol–water partition coefficient (Wildman–Crippen LogP) is 3.78. The third-order valence-corrected chi connectivity index (χ3v) is 3.57. The number of aromatic nitrogens is 1. The molecule has 0 saturated carbocycles. The third-order valence-electron chi connectivity index (χ3n) is 3.57. The summed E-state index contributed by atoms with van der Waals surface area (Å²) in [4.78, 5) is 12.6. The molecule has 0 atom stereocenters. The van der Waals surface area contributed by atoms with Crippen molar-refractivity contribution in [2.45, 2.75) is 39.7 Å². The number of hydrogen-bond acceptors (Lipinski definition) is 3. The minimum Gasteiger partial charge on any atom is -0.494 e. The van der Waals surface area contributed by atoms with Crippen molar-refractivity contribution in [3.05, 3.63) is 52.3 Å². The van der Waals surface area contributed by atoms with Crippen LogP contribution in [0.15, 0.2) is 41.2 Å². The summed E-state index contributed by atoms with van der Waals surface area (Å²) in [5, 5.41) is 8.86. The van der Waals surface area contributed by atoms with Gasteiger partial charge >= 0.3 is 0 Å². The Labute approximate surface area is 137 Å². The minimum absolute atomic E-state index is 0.0780. The van der Waals surface area contributed by atoms with E-state index >= 15 is 0 Å². The fourth-order valence-corrected chi connectivity index (χ4v) is 2.51. The lowest BCUT2D eigenvalue weighted by Gasteiger charge is -2.14. The Morgan fingerprint density at radius 2 is 2.00 bits per heavy atom. The lowest BCUT2D eigenvalue weighted by atomic mass is 10.1. The number of benzene rings is 1. The molecule has 0 N–H and O–H groups in total. The summed E-state index contributed by atoms with van der Waals surface area (Å²) in [6, 6.07) is 13.5. The first-order valence-electron chi connectivity index (χ1n) is 8.04. The Hall–Kier alpha value is -2.54. The van der Waals surface area contributed by atoms with E-state index in [-0.39, 0.29) is 12.0 Å². The fourth-order valence-electron chi connectivity index (χ4n) is 2.51. The number of nitriles is 1. The van der Waals surface area contributed by atoms with Crippen LogP contribution in [0.2, 0.25) is 0 Å². The van der Waals surface area contributed by atoms with Crippen molar-refractivity contribution in [1.29, 1.82) is 5.26 Å². The van der Waals surface area contributed by atoms with Crippen LogP contribution in [0.4, 0.5) is 0 Å². The smallest absolute Gasteiger partial charge is 0.255 e. The highest BCUT2D eigenvalue weighted by Crippen LogP contribution is 2.24. The second kappa shape index (κ2) is 8.19. The second-order valence-electron chi connectivity index (χ2n) is 5.41. The van der Waals surface area contributed by atoms with E-state index in [1.807, 2.05) is 37.3 Å². The van der Waals surface area contributed by atoms with Gasteiger partial charge in [-0.1, -0.05) is 32.0 Å². The third kappa shape index (κ3) is 4.01. The van der Waals surface area contributed by atoms with Crippen LogP contribution in [-0.2, 0) is 13.0 Å². The standard InChI is InChI=1S/C19H22N2O2/c1-3-12-21-18(9-8-15(10-11-20)19(21)22)16-6-5-7-17(14-16)23-13-4-2/h5-9,14H,3-4,10,12-13H2,1-2H3. The Morgan fingerprint density at radius 3 is 2.70 bits per heavy atom. The summed E-state index contributed by atoms with van der Waals surface area (Å²) in [5.74, 6) is 0.806. The maximum absolute atomic E-state index is 12.6. The molecule has 1 heterocycles. The van der Waals surface area contributed by atoms with Crippen LogP contribution < -0.4 is 10.3 Å². The molecule has 120 valence electrons. The van der Waals surface area contributed by atoms with E-state index < -0.39 is 0 Å². The molecule has 0 amide bonds. The highest BCUT2D eigenvalue weighted by molar-refractivity contribution is 5.62. The van der Waals surface area contributed by atoms with Crippen molar-refractivity contribution in [2.24, 2.45) is 0 Å². The summed E-state index contributed by atoms with van der Waals surface area (Å²) in [6.07, 6.45) is 1.95. The second-order valence-corrected chi connectivity index (χ2v) is 5.41. The molecule has 0 fully saturated rings. The zero-order valence-electron chi connectivity index (χ0n) is 13.7. The van der Waals surface area contributed by atoms with Gasteiger partial charge in [-0.25, -0.2) is 0 Å². The highest BCUT2D eigenvalue weighted by atomic mass is 16.5. The van der Waals surface area contributed by atoms with Gasteiger partial charge in [-0.3, -0.25) is 4.79 Å². The van der Waals surface area contributed by atoms with Gasteiger partial charge in [-0.15, -0.1) is 0 Å². The van der Waals surface area contributed by atoms with Crippen molar-refractivity contribution in [1.82, 2.24) is 4.57 Å². The zero-order chi connectivity index (χ0) is 16.7. The monoisotopic (exact) mass is 310 g/mol. The normalized spacial score (nSPS) is 10.3. The molecule has 0 saturated heterocycles. The molecular formula is C19H22N2O2. The number of pyridine rings is 1. The van der Waals surface area contributed by atoms with E-state index in [2.05, 4.69) is 13.0 Å². The molecule has 1 aromatic carbocycles. The van der Waals surface area contributed by atoms with E-state index in [0.29, 0.717) is 18.7 Å². The molecule has 0 aliphatic carbocycles. The SMILES string of the molecule is CCCOc1cccc(-c2ccc(CC#N)c(=O)n2CCC)c1. The Kier molecular flexibility index (Phi) is 5.99. The number of nitrogens with zero attached hydrogens (tertiary/aromatic N) is 2. The van der Waals surface area contributed by atoms with Crippen LogP contribution in [0.1, 0.15) is 32.3 Å². The van der Waals surface area contributed by atoms with Crippen LogP contribution in [0.3, 0.4) is 0 Å². The van der Waals surface area contributed by atoms with E-state index in [1.54, 1.807) is 10.6 Å². The van der Waals surface area contributed by atoms with Crippen LogP contribution >= 0.6 is 0 Å². The van der Waals surface area contributed by atoms with Crippen molar-refractivity contribution in [3.63, 3.8) is 0 Å². The molecule has 4 heteroatoms. The van der Waals surface area contributed by atoms with E-state index in [1.165, 1.54) is 0 Å². The topological polar surface area (TPSA) is 55.0 Å². The van der Waals surface area contributed by atoms with Crippen molar-refractivity contribution < 1.29 is 4.74 Å². The van der Waals surface area contributed by atoms with Crippen molar-refractivity contribution in [3.8, 4) is 23.1 Å². The number of hydrogen-bond donors (Lipinski definition) is 0. The maximum atomic E-state index is 12.6. The molecule has 1 aromatic heterocycles. The van der Waals surface area contributed by atoms with Crippen LogP contribution in [0.25, 0.3) is 11.3 Å². The first-order chi connectivity index (χ1) is 11.2. The Balaban J connectivity index is 2.48. The molecule has 4 nitrogen and oxygen atoms in total. The first kappa shape index (κ1) is 16.8. The molecule has 23 heavy (non-hydrogen) atoms. The van der Waals surface area contributed by atoms with Gasteiger partial charge in [-0.2, -0.15) is 5.26 Å². The van der Waals surface area contributed by atoms with E-state index in [4.69, 9.17) is 10.00 Å². The summed E-state index contributed by atoms with van der Waals surface area (Å²) in [6.45, 7) is 5.41. The lowest BCUT2D eigenvalue weighted by molar-refractivity contribution is 0.317. The van der Waals surface area contributed by atoms with Gasteiger partial charge in [0.15, 0.2) is 0 Å². The van der Waals surface area contributed by atoms with E-state index in [0.717, 1.165) is 29.8 Å². The van der Waals surface area contributed by atoms with Gasteiger partial charge in [0.05, 0.1) is 24.8 Å².